The first kappa shape index (κ1) is 13.9. The number of nitrogens with zero attached hydrogens (tertiary/aromatic N) is 1. The molecule has 1 N–H and O–H groups in total. The number of rotatable bonds is 3. The molecule has 3 nitrogen and oxygen atoms in total. The molecule has 0 radical (unpaired) electrons. The lowest BCUT2D eigenvalue weighted by atomic mass is 10.2. The quantitative estimate of drug-likeness (QED) is 0.925. The van der Waals surface area contributed by atoms with Crippen LogP contribution in [0.25, 0.3) is 0 Å². The van der Waals surface area contributed by atoms with Gasteiger partial charge in [-0.15, -0.1) is 11.8 Å². The number of halogens is 1. The third-order valence-electron chi connectivity index (χ3n) is 2.87. The zero-order chi connectivity index (χ0) is 13.1. The zero-order valence-electron chi connectivity index (χ0n) is 10.6. The fourth-order valence-corrected chi connectivity index (χ4v) is 3.46. The van der Waals surface area contributed by atoms with Gasteiger partial charge in [-0.05, 0) is 25.2 Å². The highest BCUT2D eigenvalue weighted by atomic mass is 79.9. The summed E-state index contributed by atoms with van der Waals surface area (Å²) in [4.78, 5) is 15.3. The van der Waals surface area contributed by atoms with Crippen LogP contribution in [-0.4, -0.2) is 31.3 Å². The summed E-state index contributed by atoms with van der Waals surface area (Å²) in [6.07, 6.45) is 0.542. The monoisotopic (exact) mass is 328 g/mol. The number of carbonyl (C=O) groups is 1. The predicted octanol–water partition coefficient (Wildman–Crippen LogP) is 2.89. The van der Waals surface area contributed by atoms with E-state index >= 15 is 0 Å². The summed E-state index contributed by atoms with van der Waals surface area (Å²) < 4.78 is 1.02. The Kier molecular flexibility index (Phi) is 4.70. The van der Waals surface area contributed by atoms with E-state index in [1.54, 1.807) is 0 Å². The highest BCUT2D eigenvalue weighted by Gasteiger charge is 2.26. The van der Waals surface area contributed by atoms with Crippen LogP contribution in [0, 0.1) is 0 Å². The van der Waals surface area contributed by atoms with Crippen molar-refractivity contribution in [2.75, 3.05) is 25.0 Å². The van der Waals surface area contributed by atoms with Crippen LogP contribution >= 0.6 is 27.7 Å². The normalized spacial score (nSPS) is 18.6. The number of benzene rings is 1. The van der Waals surface area contributed by atoms with Gasteiger partial charge in [-0.2, -0.15) is 0 Å². The van der Waals surface area contributed by atoms with E-state index in [1.807, 2.05) is 35.8 Å². The van der Waals surface area contributed by atoms with Gasteiger partial charge in [0.15, 0.2) is 0 Å². The summed E-state index contributed by atoms with van der Waals surface area (Å²) in [7, 11) is 1.87. The SMILES string of the molecule is CNCCC(=O)N1CC(C)Sc2ccc(Br)cc21. The number of carbonyl (C=O) groups excluding carboxylic acids is 1. The first-order valence-electron chi connectivity index (χ1n) is 6.03. The van der Waals surface area contributed by atoms with Crippen LogP contribution in [0.5, 0.6) is 0 Å². The van der Waals surface area contributed by atoms with Crippen LogP contribution in [0.3, 0.4) is 0 Å². The molecule has 18 heavy (non-hydrogen) atoms. The summed E-state index contributed by atoms with van der Waals surface area (Å²) in [5.74, 6) is 0.191. The minimum atomic E-state index is 0.191. The highest BCUT2D eigenvalue weighted by Crippen LogP contribution is 2.40. The molecule has 0 bridgehead atoms. The molecule has 1 aliphatic rings. The second-order valence-corrected chi connectivity index (χ2v) is 6.79. The van der Waals surface area contributed by atoms with E-state index in [9.17, 15) is 4.79 Å². The average Bonchev–Trinajstić information content (AvgIpc) is 2.35. The van der Waals surface area contributed by atoms with Gasteiger partial charge in [0.25, 0.3) is 0 Å². The molecule has 0 saturated heterocycles. The van der Waals surface area contributed by atoms with Crippen LogP contribution in [0.1, 0.15) is 13.3 Å². The predicted molar refractivity (Wildman–Crippen MR) is 80.4 cm³/mol. The van der Waals surface area contributed by atoms with Crippen LogP contribution in [0.15, 0.2) is 27.6 Å². The Hall–Kier alpha value is -0.520. The number of fused-ring (bicyclic) bond motifs is 1. The van der Waals surface area contributed by atoms with Crippen LogP contribution < -0.4 is 10.2 Å². The molecule has 2 rings (SSSR count). The van der Waals surface area contributed by atoms with E-state index in [2.05, 4.69) is 34.2 Å². The van der Waals surface area contributed by atoms with Crippen molar-refractivity contribution in [3.05, 3.63) is 22.7 Å². The van der Waals surface area contributed by atoms with Crippen molar-refractivity contribution in [2.24, 2.45) is 0 Å². The molecule has 1 atom stereocenters. The maximum atomic E-state index is 12.2. The van der Waals surface area contributed by atoms with E-state index in [0.29, 0.717) is 11.7 Å². The van der Waals surface area contributed by atoms with Crippen LogP contribution in [-0.2, 0) is 4.79 Å². The molecule has 0 saturated carbocycles. The van der Waals surface area contributed by atoms with Gasteiger partial charge in [0.2, 0.25) is 5.91 Å². The van der Waals surface area contributed by atoms with Crippen molar-refractivity contribution < 1.29 is 4.79 Å². The molecule has 1 aliphatic heterocycles. The third-order valence-corrected chi connectivity index (χ3v) is 4.51. The molecule has 1 aromatic carbocycles. The van der Waals surface area contributed by atoms with Crippen molar-refractivity contribution >= 4 is 39.3 Å². The highest BCUT2D eigenvalue weighted by molar-refractivity contribution is 9.10. The molecule has 0 aliphatic carbocycles. The number of hydrogen-bond acceptors (Lipinski definition) is 3. The van der Waals surface area contributed by atoms with E-state index in [-0.39, 0.29) is 5.91 Å². The second-order valence-electron chi connectivity index (χ2n) is 4.40. The van der Waals surface area contributed by atoms with Gasteiger partial charge < -0.3 is 10.2 Å². The summed E-state index contributed by atoms with van der Waals surface area (Å²) in [5.41, 5.74) is 1.04. The third kappa shape index (κ3) is 3.08. The van der Waals surface area contributed by atoms with Crippen LogP contribution in [0.2, 0.25) is 0 Å². The Labute approximate surface area is 120 Å². The molecule has 98 valence electrons. The lowest BCUT2D eigenvalue weighted by molar-refractivity contribution is -0.118. The maximum Gasteiger partial charge on any atom is 0.228 e. The minimum absolute atomic E-state index is 0.191. The van der Waals surface area contributed by atoms with Crippen LogP contribution in [0.4, 0.5) is 5.69 Å². The van der Waals surface area contributed by atoms with Gasteiger partial charge >= 0.3 is 0 Å². The number of anilines is 1. The Morgan fingerprint density at radius 1 is 1.61 bits per heavy atom. The van der Waals surface area contributed by atoms with Crippen molar-refractivity contribution in [1.82, 2.24) is 5.32 Å². The van der Waals surface area contributed by atoms with Crippen molar-refractivity contribution in [3.8, 4) is 0 Å². The lowest BCUT2D eigenvalue weighted by Gasteiger charge is -2.33. The molecule has 0 aromatic heterocycles. The number of nitrogens with one attached hydrogen (secondary N) is 1. The lowest BCUT2D eigenvalue weighted by Crippen LogP contribution is -2.39. The Morgan fingerprint density at radius 3 is 3.11 bits per heavy atom. The van der Waals surface area contributed by atoms with Gasteiger partial charge in [-0.3, -0.25) is 4.79 Å². The Balaban J connectivity index is 2.26. The summed E-state index contributed by atoms with van der Waals surface area (Å²) in [6, 6.07) is 6.14. The smallest absolute Gasteiger partial charge is 0.228 e. The molecule has 1 unspecified atom stereocenters. The van der Waals surface area contributed by atoms with Crippen molar-refractivity contribution in [2.45, 2.75) is 23.5 Å². The van der Waals surface area contributed by atoms with E-state index in [1.165, 1.54) is 4.90 Å². The molecule has 5 heteroatoms. The topological polar surface area (TPSA) is 32.3 Å². The molecule has 0 spiro atoms. The van der Waals surface area contributed by atoms with E-state index in [0.717, 1.165) is 23.2 Å². The van der Waals surface area contributed by atoms with Gasteiger partial charge in [0.1, 0.15) is 0 Å². The molecule has 1 amide bonds. The number of amides is 1. The first-order valence-corrected chi connectivity index (χ1v) is 7.70. The fraction of sp³-hybridized carbons (Fsp3) is 0.462. The molecular formula is C13H17BrN2OS. The minimum Gasteiger partial charge on any atom is -0.319 e. The van der Waals surface area contributed by atoms with Gasteiger partial charge in [0.05, 0.1) is 5.69 Å². The van der Waals surface area contributed by atoms with E-state index < -0.39 is 0 Å². The molecule has 1 heterocycles. The van der Waals surface area contributed by atoms with Gasteiger partial charge in [-0.25, -0.2) is 0 Å². The second kappa shape index (κ2) is 6.08. The molecule has 1 aromatic rings. The molecule has 0 fully saturated rings. The van der Waals surface area contributed by atoms with Crippen molar-refractivity contribution in [1.29, 1.82) is 0 Å². The number of hydrogen-bond donors (Lipinski definition) is 1. The van der Waals surface area contributed by atoms with E-state index in [4.69, 9.17) is 0 Å². The summed E-state index contributed by atoms with van der Waals surface area (Å²) in [5, 5.41) is 3.46. The average molecular weight is 329 g/mol. The Morgan fingerprint density at radius 2 is 2.39 bits per heavy atom. The largest absolute Gasteiger partial charge is 0.319 e. The van der Waals surface area contributed by atoms with Crippen molar-refractivity contribution in [3.63, 3.8) is 0 Å². The zero-order valence-corrected chi connectivity index (χ0v) is 13.0. The van der Waals surface area contributed by atoms with Gasteiger partial charge in [0, 0.05) is 34.1 Å². The summed E-state index contributed by atoms with van der Waals surface area (Å²) in [6.45, 7) is 3.67. The first-order chi connectivity index (χ1) is 8.61. The fourth-order valence-electron chi connectivity index (χ4n) is 2.01. The maximum absolute atomic E-state index is 12.2. The molecular weight excluding hydrogens is 312 g/mol. The Bertz CT molecular complexity index is 453. The summed E-state index contributed by atoms with van der Waals surface area (Å²) >= 11 is 5.31. The number of thioether (sulfide) groups is 1. The standard InChI is InChI=1S/C13H17BrN2OS/c1-9-8-16(13(17)5-6-15-2)11-7-10(14)3-4-12(11)18-9/h3-4,7,9,15H,5-6,8H2,1-2H3. The van der Waals surface area contributed by atoms with Gasteiger partial charge in [-0.1, -0.05) is 22.9 Å².